The van der Waals surface area contributed by atoms with Gasteiger partial charge in [0.2, 0.25) is 0 Å². The van der Waals surface area contributed by atoms with E-state index in [4.69, 9.17) is 0 Å². The highest BCUT2D eigenvalue weighted by atomic mass is 127. The van der Waals surface area contributed by atoms with E-state index in [1.807, 2.05) is 0 Å². The first kappa shape index (κ1) is 15.0. The third kappa shape index (κ3) is 3.48. The molecule has 0 bridgehead atoms. The number of hydrogen-bond donors (Lipinski definition) is 0. The number of benzene rings is 3. The third-order valence-electron chi connectivity index (χ3n) is 3.50. The predicted octanol–water partition coefficient (Wildman–Crippen LogP) is 6.15. The first-order valence-electron chi connectivity index (χ1n) is 6.82. The lowest BCUT2D eigenvalue weighted by molar-refractivity contribution is 1.17. The fourth-order valence-electron chi connectivity index (χ4n) is 2.45. The molecule has 0 heterocycles. The van der Waals surface area contributed by atoms with E-state index in [-0.39, 0.29) is 0 Å². The topological polar surface area (TPSA) is 0 Å². The van der Waals surface area contributed by atoms with E-state index in [0.717, 1.165) is 6.42 Å². The van der Waals surface area contributed by atoms with Gasteiger partial charge in [-0.2, -0.15) is 0 Å². The average Bonchev–Trinajstić information content (AvgIpc) is 2.54. The third-order valence-corrected chi connectivity index (χ3v) is 6.67. The number of rotatable bonds is 3. The van der Waals surface area contributed by atoms with Gasteiger partial charge in [0.05, 0.1) is 0 Å². The van der Waals surface area contributed by atoms with E-state index in [1.165, 1.54) is 29.4 Å². The largest absolute Gasteiger partial charge is 0.0622 e. The first-order chi connectivity index (χ1) is 10.3. The van der Waals surface area contributed by atoms with Gasteiger partial charge in [-0.15, -0.1) is 0 Å². The van der Waals surface area contributed by atoms with Crippen LogP contribution in [0.5, 0.6) is 0 Å². The summed E-state index contributed by atoms with van der Waals surface area (Å²) in [6.07, 6.45) is 0.972. The van der Waals surface area contributed by atoms with Crippen LogP contribution in [0.4, 0.5) is 0 Å². The summed E-state index contributed by atoms with van der Waals surface area (Å²) < 4.78 is 2.68. The van der Waals surface area contributed by atoms with Gasteiger partial charge < -0.3 is 0 Å². The van der Waals surface area contributed by atoms with Crippen molar-refractivity contribution in [1.29, 1.82) is 0 Å². The SMILES string of the molecule is Ic1ccc(-c2ccccc2)c(Cc2ccccc2)c1I. The summed E-state index contributed by atoms with van der Waals surface area (Å²) in [7, 11) is 0. The minimum Gasteiger partial charge on any atom is -0.0622 e. The summed E-state index contributed by atoms with van der Waals surface area (Å²) in [6.45, 7) is 0. The fourth-order valence-corrected chi connectivity index (χ4v) is 3.62. The van der Waals surface area contributed by atoms with Gasteiger partial charge in [0.1, 0.15) is 0 Å². The Balaban J connectivity index is 2.11. The van der Waals surface area contributed by atoms with Crippen molar-refractivity contribution in [1.82, 2.24) is 0 Å². The Morgan fingerprint density at radius 1 is 0.667 bits per heavy atom. The van der Waals surface area contributed by atoms with E-state index in [0.29, 0.717) is 0 Å². The standard InChI is InChI=1S/C19H14I2/c20-18-12-11-16(15-9-5-2-6-10-15)17(19(18)21)13-14-7-3-1-4-8-14/h1-12H,13H2. The Morgan fingerprint density at radius 3 is 1.95 bits per heavy atom. The van der Waals surface area contributed by atoms with Crippen LogP contribution >= 0.6 is 45.2 Å². The van der Waals surface area contributed by atoms with Gasteiger partial charge in [-0.05, 0) is 79.9 Å². The maximum atomic E-state index is 2.48. The van der Waals surface area contributed by atoms with Crippen LogP contribution in [-0.2, 0) is 6.42 Å². The average molecular weight is 496 g/mol. The van der Waals surface area contributed by atoms with E-state index < -0.39 is 0 Å². The van der Waals surface area contributed by atoms with Crippen LogP contribution in [0.2, 0.25) is 0 Å². The molecule has 0 aliphatic heterocycles. The first-order valence-corrected chi connectivity index (χ1v) is 8.97. The summed E-state index contributed by atoms with van der Waals surface area (Å²) >= 11 is 4.90. The van der Waals surface area contributed by atoms with Crippen LogP contribution in [0.3, 0.4) is 0 Å². The Kier molecular flexibility index (Phi) is 4.95. The lowest BCUT2D eigenvalue weighted by Crippen LogP contribution is -1.98. The summed E-state index contributed by atoms with van der Waals surface area (Å²) in [5.74, 6) is 0. The summed E-state index contributed by atoms with van der Waals surface area (Å²) in [5.41, 5.74) is 5.40. The molecule has 3 rings (SSSR count). The van der Waals surface area contributed by atoms with E-state index in [2.05, 4.69) is 118 Å². The van der Waals surface area contributed by atoms with E-state index in [1.54, 1.807) is 0 Å². The van der Waals surface area contributed by atoms with Gasteiger partial charge in [-0.1, -0.05) is 66.7 Å². The molecule has 3 aromatic carbocycles. The molecule has 0 saturated carbocycles. The minimum atomic E-state index is 0.972. The van der Waals surface area contributed by atoms with Crippen LogP contribution < -0.4 is 0 Å². The van der Waals surface area contributed by atoms with Gasteiger partial charge in [0.25, 0.3) is 0 Å². The Morgan fingerprint density at radius 2 is 1.29 bits per heavy atom. The Bertz CT molecular complexity index is 734. The molecule has 0 N–H and O–H groups in total. The van der Waals surface area contributed by atoms with Crippen LogP contribution in [-0.4, -0.2) is 0 Å². The monoisotopic (exact) mass is 496 g/mol. The molecule has 2 heteroatoms. The van der Waals surface area contributed by atoms with Crippen LogP contribution in [0.1, 0.15) is 11.1 Å². The molecule has 0 aliphatic rings. The van der Waals surface area contributed by atoms with Gasteiger partial charge >= 0.3 is 0 Å². The maximum absolute atomic E-state index is 2.48. The van der Waals surface area contributed by atoms with Crippen molar-refractivity contribution in [2.75, 3.05) is 0 Å². The lowest BCUT2D eigenvalue weighted by atomic mass is 9.95. The highest BCUT2D eigenvalue weighted by Crippen LogP contribution is 2.32. The quantitative estimate of drug-likeness (QED) is 0.382. The smallest absolute Gasteiger partial charge is 0.0305 e. The molecule has 0 spiro atoms. The van der Waals surface area contributed by atoms with Gasteiger partial charge in [-0.25, -0.2) is 0 Å². The van der Waals surface area contributed by atoms with Crippen molar-refractivity contribution in [3.63, 3.8) is 0 Å². The molecule has 0 nitrogen and oxygen atoms in total. The van der Waals surface area contributed by atoms with Crippen molar-refractivity contribution < 1.29 is 0 Å². The second kappa shape index (κ2) is 6.92. The second-order valence-electron chi connectivity index (χ2n) is 4.92. The Hall–Kier alpha value is -0.880. The summed E-state index contributed by atoms with van der Waals surface area (Å²) in [4.78, 5) is 0. The van der Waals surface area contributed by atoms with Gasteiger partial charge in [0, 0.05) is 7.14 Å². The molecule has 0 fully saturated rings. The zero-order valence-corrected chi connectivity index (χ0v) is 15.7. The molecule has 0 unspecified atom stereocenters. The Labute approximate surface area is 152 Å². The van der Waals surface area contributed by atoms with Crippen LogP contribution in [0.25, 0.3) is 11.1 Å². The van der Waals surface area contributed by atoms with Gasteiger partial charge in [0.15, 0.2) is 0 Å². The zero-order valence-electron chi connectivity index (χ0n) is 11.4. The molecule has 0 atom stereocenters. The molecule has 21 heavy (non-hydrogen) atoms. The maximum Gasteiger partial charge on any atom is 0.0305 e. The molecule has 0 amide bonds. The minimum absolute atomic E-state index is 0.972. The highest BCUT2D eigenvalue weighted by Gasteiger charge is 2.12. The second-order valence-corrected chi connectivity index (χ2v) is 7.16. The fraction of sp³-hybridized carbons (Fsp3) is 0.0526. The van der Waals surface area contributed by atoms with Crippen LogP contribution in [0.15, 0.2) is 72.8 Å². The van der Waals surface area contributed by atoms with Crippen molar-refractivity contribution in [3.8, 4) is 11.1 Å². The van der Waals surface area contributed by atoms with Crippen molar-refractivity contribution >= 4 is 45.2 Å². The van der Waals surface area contributed by atoms with Crippen LogP contribution in [0, 0.1) is 7.14 Å². The van der Waals surface area contributed by atoms with Gasteiger partial charge in [-0.3, -0.25) is 0 Å². The predicted molar refractivity (Wildman–Crippen MR) is 107 cm³/mol. The normalized spacial score (nSPS) is 10.6. The highest BCUT2D eigenvalue weighted by molar-refractivity contribution is 14.1. The molecule has 0 aromatic heterocycles. The van der Waals surface area contributed by atoms with Crippen molar-refractivity contribution in [3.05, 3.63) is 91.1 Å². The number of halogens is 2. The molecule has 3 aromatic rings. The molecule has 0 saturated heterocycles. The summed E-state index contributed by atoms with van der Waals surface area (Å²) in [5, 5.41) is 0. The molecule has 104 valence electrons. The lowest BCUT2D eigenvalue weighted by Gasteiger charge is -2.14. The zero-order chi connectivity index (χ0) is 14.7. The van der Waals surface area contributed by atoms with Crippen molar-refractivity contribution in [2.45, 2.75) is 6.42 Å². The number of hydrogen-bond acceptors (Lipinski definition) is 0. The van der Waals surface area contributed by atoms with Crippen molar-refractivity contribution in [2.24, 2.45) is 0 Å². The molecular weight excluding hydrogens is 482 g/mol. The molecule has 0 aliphatic carbocycles. The van der Waals surface area contributed by atoms with E-state index in [9.17, 15) is 0 Å². The summed E-state index contributed by atoms with van der Waals surface area (Å²) in [6, 6.07) is 25.8. The molecule has 0 radical (unpaired) electrons. The molecular formula is C19H14I2. The van der Waals surface area contributed by atoms with E-state index >= 15 is 0 Å².